The molecule has 0 saturated carbocycles. The normalized spacial score (nSPS) is 18.7. The van der Waals surface area contributed by atoms with Gasteiger partial charge in [-0.15, -0.1) is 0 Å². The van der Waals surface area contributed by atoms with Crippen molar-refractivity contribution in [1.29, 1.82) is 0 Å². The molecule has 3 heterocycles. The first-order valence-corrected chi connectivity index (χ1v) is 17.6. The van der Waals surface area contributed by atoms with Crippen LogP contribution in [0.2, 0.25) is 0 Å². The van der Waals surface area contributed by atoms with E-state index in [-0.39, 0.29) is 31.7 Å². The molecule has 2 aliphatic rings. The lowest BCUT2D eigenvalue weighted by molar-refractivity contribution is -0.192. The fraction of sp³-hybridized carbons (Fsp3) is 0.258. The number of fused-ring (bicyclic) bond motifs is 1. The number of nitrogens with one attached hydrogen (secondary N) is 3. The van der Waals surface area contributed by atoms with Gasteiger partial charge in [0.25, 0.3) is 10.2 Å². The number of nitrogens with zero attached hydrogens (tertiary/aromatic N) is 2. The Hall–Kier alpha value is -4.65. The number of halogens is 4. The van der Waals surface area contributed by atoms with Gasteiger partial charge in [-0.2, -0.15) is 30.6 Å². The van der Waals surface area contributed by atoms with Crippen LogP contribution in [0.25, 0.3) is 16.6 Å². The van der Waals surface area contributed by atoms with Crippen LogP contribution in [0.3, 0.4) is 0 Å². The highest BCUT2D eigenvalue weighted by atomic mass is 32.2. The number of rotatable bonds is 8. The highest BCUT2D eigenvalue weighted by molar-refractivity contribution is 7.90. The number of hydrogen-bond donors (Lipinski definition) is 4. The number of sulfonamides is 1. The Morgan fingerprint density at radius 3 is 2.27 bits per heavy atom. The molecular formula is C31H29F4N5O7S2. The SMILES string of the molecule is O=C(O)C(F)(F)F.O=C1CC(c2ccc(CC(NS(=O)(=O)N3CC=C(c4ccc(F)cc4)CC3)c3nc4ccccc4[nH]3)cc2)S(=O)(=O)N1. The van der Waals surface area contributed by atoms with E-state index >= 15 is 0 Å². The van der Waals surface area contributed by atoms with E-state index in [1.165, 1.54) is 16.4 Å². The monoisotopic (exact) mass is 723 g/mol. The van der Waals surface area contributed by atoms with Gasteiger partial charge in [0.05, 0.1) is 23.5 Å². The van der Waals surface area contributed by atoms with Gasteiger partial charge in [0.1, 0.15) is 16.9 Å². The summed E-state index contributed by atoms with van der Waals surface area (Å²) >= 11 is 0. The van der Waals surface area contributed by atoms with E-state index in [2.05, 4.69) is 14.7 Å². The van der Waals surface area contributed by atoms with E-state index < -0.39 is 49.6 Å². The van der Waals surface area contributed by atoms with Crippen molar-refractivity contribution >= 4 is 48.7 Å². The zero-order valence-corrected chi connectivity index (χ0v) is 26.9. The van der Waals surface area contributed by atoms with Gasteiger partial charge in [-0.1, -0.05) is 54.6 Å². The second-order valence-corrected chi connectivity index (χ2v) is 14.7. The van der Waals surface area contributed by atoms with Gasteiger partial charge >= 0.3 is 12.1 Å². The van der Waals surface area contributed by atoms with Crippen LogP contribution in [0.4, 0.5) is 17.6 Å². The molecule has 3 aromatic carbocycles. The molecule has 12 nitrogen and oxygen atoms in total. The quantitative estimate of drug-likeness (QED) is 0.196. The van der Waals surface area contributed by atoms with Crippen molar-refractivity contribution in [2.24, 2.45) is 0 Å². The number of hydrogen-bond acceptors (Lipinski definition) is 7. The van der Waals surface area contributed by atoms with Crippen molar-refractivity contribution in [3.63, 3.8) is 0 Å². The van der Waals surface area contributed by atoms with Gasteiger partial charge in [-0.05, 0) is 59.4 Å². The number of para-hydroxylation sites is 2. The van der Waals surface area contributed by atoms with Crippen molar-refractivity contribution in [2.45, 2.75) is 36.7 Å². The molecule has 2 unspecified atom stereocenters. The van der Waals surface area contributed by atoms with Crippen molar-refractivity contribution in [3.8, 4) is 0 Å². The molecule has 0 radical (unpaired) electrons. The van der Waals surface area contributed by atoms with Gasteiger partial charge in [0.15, 0.2) is 0 Å². The number of benzene rings is 3. The predicted molar refractivity (Wildman–Crippen MR) is 170 cm³/mol. The van der Waals surface area contributed by atoms with Crippen molar-refractivity contribution in [2.75, 3.05) is 13.1 Å². The van der Waals surface area contributed by atoms with Gasteiger partial charge < -0.3 is 10.1 Å². The summed E-state index contributed by atoms with van der Waals surface area (Å²) in [6, 6.07) is 19.5. The molecule has 4 N–H and O–H groups in total. The molecule has 2 aliphatic heterocycles. The Morgan fingerprint density at radius 1 is 1.06 bits per heavy atom. The number of aromatic amines is 1. The fourth-order valence-corrected chi connectivity index (χ4v) is 8.07. The first-order chi connectivity index (χ1) is 23.0. The fourth-order valence-electron chi connectivity index (χ4n) is 5.33. The number of imidazole rings is 1. The van der Waals surface area contributed by atoms with Gasteiger partial charge in [-0.3, -0.25) is 9.52 Å². The van der Waals surface area contributed by atoms with Crippen LogP contribution < -0.4 is 9.44 Å². The third-order valence-electron chi connectivity index (χ3n) is 7.79. The summed E-state index contributed by atoms with van der Waals surface area (Å²) in [5.41, 5.74) is 4.50. The molecule has 49 heavy (non-hydrogen) atoms. The minimum atomic E-state index is -5.08. The zero-order chi connectivity index (χ0) is 35.6. The lowest BCUT2D eigenvalue weighted by atomic mass is 10.0. The number of carbonyl (C=O) groups is 2. The molecule has 1 fully saturated rings. The summed E-state index contributed by atoms with van der Waals surface area (Å²) < 4.78 is 103. The van der Waals surface area contributed by atoms with Gasteiger partial charge in [-0.25, -0.2) is 22.6 Å². The molecule has 0 bridgehead atoms. The third kappa shape index (κ3) is 8.69. The molecule has 1 amide bonds. The minimum absolute atomic E-state index is 0.143. The molecule has 0 aliphatic carbocycles. The minimum Gasteiger partial charge on any atom is -0.475 e. The zero-order valence-electron chi connectivity index (χ0n) is 25.3. The number of aliphatic carboxylic acids is 1. The number of carboxylic acid groups (broad SMARTS) is 1. The molecule has 2 atom stereocenters. The molecule has 4 aromatic rings. The maximum absolute atomic E-state index is 13.6. The molecule has 18 heteroatoms. The van der Waals surface area contributed by atoms with E-state index in [1.807, 2.05) is 35.1 Å². The summed E-state index contributed by atoms with van der Waals surface area (Å²) in [5.74, 6) is -3.18. The van der Waals surface area contributed by atoms with E-state index in [0.29, 0.717) is 23.3 Å². The lowest BCUT2D eigenvalue weighted by Crippen LogP contribution is -2.44. The van der Waals surface area contributed by atoms with Crippen molar-refractivity contribution in [3.05, 3.63) is 107 Å². The molecule has 6 rings (SSSR count). The number of amides is 1. The average molecular weight is 724 g/mol. The average Bonchev–Trinajstić information content (AvgIpc) is 3.60. The van der Waals surface area contributed by atoms with Crippen LogP contribution in [0.5, 0.6) is 0 Å². The third-order valence-corrected chi connectivity index (χ3v) is 11.1. The van der Waals surface area contributed by atoms with E-state index in [4.69, 9.17) is 9.90 Å². The standard InChI is InChI=1S/C29H28FN5O5S2.C2HF3O2/c30-23-11-9-20(10-12-23)21-13-15-35(16-14-21)42(39,40)33-26(29-31-24-3-1-2-4-25(24)32-29)17-19-5-7-22(8-6-19)27-18-28(36)34-41(27,37)38;3-2(4,5)1(6)7/h1-13,26-27,33H,14-18H2,(H,31,32)(H,34,36);(H,6,7). The number of alkyl halides is 3. The van der Waals surface area contributed by atoms with Gasteiger partial charge in [0, 0.05) is 13.1 Å². The maximum atomic E-state index is 13.6. The lowest BCUT2D eigenvalue weighted by Gasteiger charge is -2.28. The summed E-state index contributed by atoms with van der Waals surface area (Å²) in [6.07, 6.45) is -2.68. The number of aromatic nitrogens is 2. The Labute approximate surface area is 278 Å². The van der Waals surface area contributed by atoms with Crippen LogP contribution in [-0.2, 0) is 36.2 Å². The predicted octanol–water partition coefficient (Wildman–Crippen LogP) is 4.13. The second kappa shape index (κ2) is 14.1. The maximum Gasteiger partial charge on any atom is 0.490 e. The molecule has 0 spiro atoms. The van der Waals surface area contributed by atoms with Crippen LogP contribution in [0.1, 0.15) is 46.6 Å². The number of carboxylic acids is 1. The van der Waals surface area contributed by atoms with Crippen LogP contribution in [0, 0.1) is 5.82 Å². The van der Waals surface area contributed by atoms with Crippen molar-refractivity contribution in [1.82, 2.24) is 23.7 Å². The van der Waals surface area contributed by atoms with E-state index in [9.17, 15) is 39.2 Å². The Bertz CT molecular complexity index is 2070. The Morgan fingerprint density at radius 2 is 1.71 bits per heavy atom. The van der Waals surface area contributed by atoms with Crippen LogP contribution in [-0.4, -0.2) is 67.4 Å². The highest BCUT2D eigenvalue weighted by Gasteiger charge is 2.39. The molecular weight excluding hydrogens is 694 g/mol. The van der Waals surface area contributed by atoms with Gasteiger partial charge in [0.2, 0.25) is 15.9 Å². The first kappa shape index (κ1) is 35.7. The topological polar surface area (TPSA) is 179 Å². The smallest absolute Gasteiger partial charge is 0.475 e. The summed E-state index contributed by atoms with van der Waals surface area (Å²) in [5, 5.41) is 6.16. The highest BCUT2D eigenvalue weighted by Crippen LogP contribution is 2.31. The summed E-state index contributed by atoms with van der Waals surface area (Å²) in [6.45, 7) is 0.412. The second-order valence-electron chi connectivity index (χ2n) is 11.2. The van der Waals surface area contributed by atoms with Crippen LogP contribution in [0.15, 0.2) is 78.9 Å². The van der Waals surface area contributed by atoms with Crippen molar-refractivity contribution < 1.29 is 49.1 Å². The Kier molecular flexibility index (Phi) is 10.2. The Balaban J connectivity index is 0.000000606. The summed E-state index contributed by atoms with van der Waals surface area (Å²) in [4.78, 5) is 28.4. The summed E-state index contributed by atoms with van der Waals surface area (Å²) in [7, 11) is -7.73. The molecule has 260 valence electrons. The largest absolute Gasteiger partial charge is 0.490 e. The van der Waals surface area contributed by atoms with Crippen LogP contribution >= 0.6 is 0 Å². The number of H-pyrrole nitrogens is 1. The van der Waals surface area contributed by atoms with E-state index in [1.54, 1.807) is 36.4 Å². The first-order valence-electron chi connectivity index (χ1n) is 14.6. The number of carbonyl (C=O) groups excluding carboxylic acids is 1. The molecule has 1 aromatic heterocycles. The molecule has 1 saturated heterocycles. The van der Waals surface area contributed by atoms with E-state index in [0.717, 1.165) is 22.2 Å².